The molecule has 116 valence electrons. The summed E-state index contributed by atoms with van der Waals surface area (Å²) in [4.78, 5) is 10.7. The second-order valence-corrected chi connectivity index (χ2v) is 5.28. The molecule has 1 heterocycles. The minimum absolute atomic E-state index is 0.183. The largest absolute Gasteiger partial charge is 0.496 e. The molecule has 2 atom stereocenters. The molecule has 1 aliphatic heterocycles. The number of carbonyl (C=O) groups is 1. The molecule has 1 aliphatic rings. The summed E-state index contributed by atoms with van der Waals surface area (Å²) >= 11 is 0. The Morgan fingerprint density at radius 2 is 2.05 bits per heavy atom. The highest BCUT2D eigenvalue weighted by Crippen LogP contribution is 2.36. The maximum Gasteiger partial charge on any atom is 0.130 e. The number of carbonyl (C=O) groups excluding carboxylic acids is 1. The third-order valence-electron chi connectivity index (χ3n) is 3.48. The van der Waals surface area contributed by atoms with Crippen molar-refractivity contribution >= 4 is 6.29 Å². The smallest absolute Gasteiger partial charge is 0.130 e. The maximum absolute atomic E-state index is 10.7. The SMILES string of the molecule is COc1cc(OC)c(C[C@H](C)CC=O)c(OCC2CO2)c1. The van der Waals surface area contributed by atoms with Crippen LogP contribution in [0.15, 0.2) is 12.1 Å². The fourth-order valence-electron chi connectivity index (χ4n) is 2.17. The van der Waals surface area contributed by atoms with Crippen LogP contribution in [0.4, 0.5) is 0 Å². The summed E-state index contributed by atoms with van der Waals surface area (Å²) in [5, 5.41) is 0. The second-order valence-electron chi connectivity index (χ2n) is 5.28. The van der Waals surface area contributed by atoms with Crippen molar-refractivity contribution in [3.63, 3.8) is 0 Å². The molecule has 5 nitrogen and oxygen atoms in total. The van der Waals surface area contributed by atoms with E-state index in [2.05, 4.69) is 0 Å². The summed E-state index contributed by atoms with van der Waals surface area (Å²) in [6, 6.07) is 3.69. The summed E-state index contributed by atoms with van der Waals surface area (Å²) in [6.45, 7) is 3.30. The van der Waals surface area contributed by atoms with E-state index in [1.54, 1.807) is 14.2 Å². The first-order valence-corrected chi connectivity index (χ1v) is 7.10. The molecule has 0 spiro atoms. The Morgan fingerprint density at radius 1 is 1.33 bits per heavy atom. The Balaban J connectivity index is 2.24. The first kappa shape index (κ1) is 15.6. The van der Waals surface area contributed by atoms with Gasteiger partial charge in [-0.15, -0.1) is 0 Å². The highest BCUT2D eigenvalue weighted by molar-refractivity contribution is 5.53. The zero-order valence-corrected chi connectivity index (χ0v) is 12.8. The van der Waals surface area contributed by atoms with Crippen LogP contribution in [-0.4, -0.2) is 39.8 Å². The molecule has 1 saturated heterocycles. The van der Waals surface area contributed by atoms with E-state index in [1.165, 1.54) is 0 Å². The first-order chi connectivity index (χ1) is 10.2. The van der Waals surface area contributed by atoms with Crippen molar-refractivity contribution < 1.29 is 23.7 Å². The molecule has 2 rings (SSSR count). The van der Waals surface area contributed by atoms with Crippen molar-refractivity contribution in [2.24, 2.45) is 5.92 Å². The van der Waals surface area contributed by atoms with Crippen molar-refractivity contribution in [1.29, 1.82) is 0 Å². The molecule has 1 aromatic rings. The van der Waals surface area contributed by atoms with E-state index >= 15 is 0 Å². The maximum atomic E-state index is 10.7. The lowest BCUT2D eigenvalue weighted by atomic mass is 9.97. The van der Waals surface area contributed by atoms with Gasteiger partial charge in [0.2, 0.25) is 0 Å². The van der Waals surface area contributed by atoms with Crippen LogP contribution in [0.25, 0.3) is 0 Å². The lowest BCUT2D eigenvalue weighted by Gasteiger charge is -2.18. The van der Waals surface area contributed by atoms with Crippen molar-refractivity contribution in [2.75, 3.05) is 27.4 Å². The number of epoxide rings is 1. The number of rotatable bonds is 9. The Labute approximate surface area is 125 Å². The van der Waals surface area contributed by atoms with Gasteiger partial charge in [0.05, 0.1) is 20.8 Å². The number of benzene rings is 1. The summed E-state index contributed by atoms with van der Waals surface area (Å²) in [5.41, 5.74) is 0.966. The van der Waals surface area contributed by atoms with Crippen LogP contribution in [-0.2, 0) is 16.0 Å². The van der Waals surface area contributed by atoms with Gasteiger partial charge in [0, 0.05) is 24.1 Å². The Hall–Kier alpha value is -1.75. The Kier molecular flexibility index (Phi) is 5.44. The van der Waals surface area contributed by atoms with E-state index in [0.29, 0.717) is 25.2 Å². The lowest BCUT2D eigenvalue weighted by molar-refractivity contribution is -0.108. The summed E-state index contributed by atoms with van der Waals surface area (Å²) in [7, 11) is 3.23. The number of aldehydes is 1. The number of ether oxygens (including phenoxy) is 4. The van der Waals surface area contributed by atoms with Crippen LogP contribution in [0, 0.1) is 5.92 Å². The molecule has 0 aliphatic carbocycles. The molecule has 0 amide bonds. The summed E-state index contributed by atoms with van der Waals surface area (Å²) in [6.07, 6.45) is 2.36. The Bertz CT molecular complexity index is 482. The molecule has 0 bridgehead atoms. The molecular formula is C16H22O5. The lowest BCUT2D eigenvalue weighted by Crippen LogP contribution is -2.09. The Morgan fingerprint density at radius 3 is 2.62 bits per heavy atom. The van der Waals surface area contributed by atoms with E-state index in [1.807, 2.05) is 19.1 Å². The zero-order chi connectivity index (χ0) is 15.2. The second kappa shape index (κ2) is 7.31. The van der Waals surface area contributed by atoms with E-state index in [4.69, 9.17) is 18.9 Å². The van der Waals surface area contributed by atoms with Crippen LogP contribution in [0.2, 0.25) is 0 Å². The molecule has 5 heteroatoms. The van der Waals surface area contributed by atoms with Crippen molar-refractivity contribution in [2.45, 2.75) is 25.9 Å². The third-order valence-corrected chi connectivity index (χ3v) is 3.48. The normalized spacial score (nSPS) is 18.0. The molecule has 0 aromatic heterocycles. The molecular weight excluding hydrogens is 272 g/mol. The van der Waals surface area contributed by atoms with Gasteiger partial charge in [-0.3, -0.25) is 0 Å². The minimum atomic E-state index is 0.183. The van der Waals surface area contributed by atoms with Crippen LogP contribution in [0.5, 0.6) is 17.2 Å². The molecule has 1 unspecified atom stereocenters. The quantitative estimate of drug-likeness (QED) is 0.516. The fraction of sp³-hybridized carbons (Fsp3) is 0.562. The fourth-order valence-corrected chi connectivity index (χ4v) is 2.17. The molecule has 0 N–H and O–H groups in total. The highest BCUT2D eigenvalue weighted by Gasteiger charge is 2.24. The number of hydrogen-bond donors (Lipinski definition) is 0. The highest BCUT2D eigenvalue weighted by atomic mass is 16.6. The van der Waals surface area contributed by atoms with Gasteiger partial charge < -0.3 is 23.7 Å². The first-order valence-electron chi connectivity index (χ1n) is 7.10. The zero-order valence-electron chi connectivity index (χ0n) is 12.8. The van der Waals surface area contributed by atoms with E-state index in [-0.39, 0.29) is 12.0 Å². The topological polar surface area (TPSA) is 57.3 Å². The number of hydrogen-bond acceptors (Lipinski definition) is 5. The summed E-state index contributed by atoms with van der Waals surface area (Å²) < 4.78 is 21.8. The molecule has 0 radical (unpaired) electrons. The monoisotopic (exact) mass is 294 g/mol. The number of methoxy groups -OCH3 is 2. The van der Waals surface area contributed by atoms with E-state index in [9.17, 15) is 4.79 Å². The van der Waals surface area contributed by atoms with Gasteiger partial charge in [-0.05, 0) is 12.3 Å². The standard InChI is InChI=1S/C16H22O5/c1-11(4-5-17)6-14-15(19-3)7-12(18-2)8-16(14)21-10-13-9-20-13/h5,7-8,11,13H,4,6,9-10H2,1-3H3/t11-,13?/m1/s1. The molecule has 21 heavy (non-hydrogen) atoms. The van der Waals surface area contributed by atoms with Gasteiger partial charge in [0.25, 0.3) is 0 Å². The van der Waals surface area contributed by atoms with Gasteiger partial charge in [-0.1, -0.05) is 6.92 Å². The van der Waals surface area contributed by atoms with Crippen molar-refractivity contribution in [1.82, 2.24) is 0 Å². The van der Waals surface area contributed by atoms with Gasteiger partial charge >= 0.3 is 0 Å². The predicted octanol–water partition coefficient (Wildman–Crippen LogP) is 2.25. The van der Waals surface area contributed by atoms with Gasteiger partial charge in [0.1, 0.15) is 36.2 Å². The third kappa shape index (κ3) is 4.36. The predicted molar refractivity (Wildman–Crippen MR) is 78.3 cm³/mol. The minimum Gasteiger partial charge on any atom is -0.496 e. The van der Waals surface area contributed by atoms with Crippen LogP contribution in [0.3, 0.4) is 0 Å². The molecule has 1 fully saturated rings. The van der Waals surface area contributed by atoms with E-state index in [0.717, 1.165) is 30.0 Å². The van der Waals surface area contributed by atoms with Gasteiger partial charge in [-0.25, -0.2) is 0 Å². The van der Waals surface area contributed by atoms with Gasteiger partial charge in [-0.2, -0.15) is 0 Å². The van der Waals surface area contributed by atoms with Crippen molar-refractivity contribution in [3.8, 4) is 17.2 Å². The average molecular weight is 294 g/mol. The molecule has 0 saturated carbocycles. The van der Waals surface area contributed by atoms with Crippen LogP contribution >= 0.6 is 0 Å². The average Bonchev–Trinajstić information content (AvgIpc) is 3.30. The van der Waals surface area contributed by atoms with Crippen LogP contribution < -0.4 is 14.2 Å². The van der Waals surface area contributed by atoms with Crippen LogP contribution in [0.1, 0.15) is 18.9 Å². The summed E-state index contributed by atoms with van der Waals surface area (Å²) in [5.74, 6) is 2.37. The van der Waals surface area contributed by atoms with Gasteiger partial charge in [0.15, 0.2) is 0 Å². The van der Waals surface area contributed by atoms with E-state index < -0.39 is 0 Å². The van der Waals surface area contributed by atoms with Crippen molar-refractivity contribution in [3.05, 3.63) is 17.7 Å². The molecule has 1 aromatic carbocycles.